The molecule has 0 aliphatic rings. The number of nitrogens with one attached hydrogen (secondary N) is 1. The quantitative estimate of drug-likeness (QED) is 0.266. The molecule has 0 unspecified atom stereocenters. The monoisotopic (exact) mass is 410 g/mol. The van der Waals surface area contributed by atoms with Crippen molar-refractivity contribution in [2.75, 3.05) is 25.1 Å². The molecule has 3 aromatic carbocycles. The number of nitrogens with zero attached hydrogens (tertiary/aromatic N) is 1. The van der Waals surface area contributed by atoms with Crippen molar-refractivity contribution in [3.05, 3.63) is 77.4 Å². The van der Waals surface area contributed by atoms with Gasteiger partial charge in [0.2, 0.25) is 0 Å². The van der Waals surface area contributed by atoms with Crippen LogP contribution in [0.1, 0.15) is 35.3 Å². The zero-order valence-corrected chi connectivity index (χ0v) is 17.7. The molecular formula is C24H27ClN2O2. The minimum absolute atomic E-state index is 0.384. The van der Waals surface area contributed by atoms with E-state index in [2.05, 4.69) is 60.5 Å². The number of fused-ring (bicyclic) bond motifs is 1. The van der Waals surface area contributed by atoms with Crippen LogP contribution in [0.5, 0.6) is 0 Å². The van der Waals surface area contributed by atoms with Crippen LogP contribution in [0.25, 0.3) is 10.8 Å². The lowest BCUT2D eigenvalue weighted by Gasteiger charge is -2.18. The third-order valence-corrected chi connectivity index (χ3v) is 5.25. The molecule has 1 N–H and O–H groups in total. The van der Waals surface area contributed by atoms with Gasteiger partial charge in [-0.1, -0.05) is 38.1 Å². The van der Waals surface area contributed by atoms with Gasteiger partial charge in [0, 0.05) is 17.8 Å². The first kappa shape index (κ1) is 21.3. The lowest BCUT2D eigenvalue weighted by Crippen LogP contribution is -2.21. The Balaban J connectivity index is 1.53. The Kier molecular flexibility index (Phi) is 7.64. The van der Waals surface area contributed by atoms with E-state index in [1.165, 1.54) is 16.3 Å². The number of anilines is 1. The van der Waals surface area contributed by atoms with Crippen molar-refractivity contribution in [1.29, 1.82) is 0 Å². The van der Waals surface area contributed by atoms with Crippen LogP contribution in [0.3, 0.4) is 0 Å². The fourth-order valence-corrected chi connectivity index (χ4v) is 3.39. The number of ether oxygens (including phenoxy) is 1. The first-order valence-electron chi connectivity index (χ1n) is 9.94. The molecule has 0 aliphatic carbocycles. The molecule has 0 bridgehead atoms. The molecule has 0 aliphatic heterocycles. The highest BCUT2D eigenvalue weighted by molar-refractivity contribution is 6.67. The van der Waals surface area contributed by atoms with E-state index in [1.807, 2.05) is 12.1 Å². The standard InChI is InChI=1S/C24H27ClN2O2/c1-3-27(4-2)15-18-5-7-22-14-19(6-8-21(22)13-18)16-29-17-26-23-11-9-20(10-12-23)24(25)28/h5-14,26H,3-4,15-17H2,1-2H3. The maximum absolute atomic E-state index is 11.1. The summed E-state index contributed by atoms with van der Waals surface area (Å²) in [6, 6.07) is 20.1. The maximum Gasteiger partial charge on any atom is 0.252 e. The van der Waals surface area contributed by atoms with Gasteiger partial charge in [0.15, 0.2) is 0 Å². The van der Waals surface area contributed by atoms with Crippen LogP contribution in [0, 0.1) is 0 Å². The van der Waals surface area contributed by atoms with Crippen molar-refractivity contribution in [3.8, 4) is 0 Å². The van der Waals surface area contributed by atoms with Gasteiger partial charge in [-0.25, -0.2) is 0 Å². The molecule has 0 heterocycles. The molecule has 0 fully saturated rings. The summed E-state index contributed by atoms with van der Waals surface area (Å²) in [5.41, 5.74) is 3.84. The second-order valence-electron chi connectivity index (χ2n) is 7.00. The molecule has 0 saturated carbocycles. The van der Waals surface area contributed by atoms with Crippen molar-refractivity contribution < 1.29 is 9.53 Å². The summed E-state index contributed by atoms with van der Waals surface area (Å²) in [5.74, 6) is 0. The number of rotatable bonds is 10. The van der Waals surface area contributed by atoms with Gasteiger partial charge < -0.3 is 10.1 Å². The van der Waals surface area contributed by atoms with Gasteiger partial charge in [-0.2, -0.15) is 0 Å². The SMILES string of the molecule is CCN(CC)Cc1ccc2cc(COCNc3ccc(C(=O)Cl)cc3)ccc2c1. The smallest absolute Gasteiger partial charge is 0.252 e. The molecule has 0 saturated heterocycles. The van der Waals surface area contributed by atoms with Crippen LogP contribution in [-0.4, -0.2) is 30.0 Å². The number of hydrogen-bond acceptors (Lipinski definition) is 4. The third kappa shape index (κ3) is 6.04. The molecule has 3 rings (SSSR count). The van der Waals surface area contributed by atoms with Gasteiger partial charge in [-0.15, -0.1) is 0 Å². The van der Waals surface area contributed by atoms with Crippen molar-refractivity contribution in [2.24, 2.45) is 0 Å². The number of benzene rings is 3. The van der Waals surface area contributed by atoms with E-state index in [4.69, 9.17) is 16.3 Å². The van der Waals surface area contributed by atoms with E-state index in [-0.39, 0.29) is 0 Å². The van der Waals surface area contributed by atoms with E-state index in [9.17, 15) is 4.79 Å². The molecule has 0 amide bonds. The van der Waals surface area contributed by atoms with Crippen molar-refractivity contribution in [1.82, 2.24) is 4.90 Å². The van der Waals surface area contributed by atoms with Gasteiger partial charge in [0.25, 0.3) is 5.24 Å². The molecule has 152 valence electrons. The largest absolute Gasteiger partial charge is 0.363 e. The first-order chi connectivity index (χ1) is 14.1. The average Bonchev–Trinajstić information content (AvgIpc) is 2.75. The van der Waals surface area contributed by atoms with E-state index in [0.717, 1.165) is 30.9 Å². The van der Waals surface area contributed by atoms with Gasteiger partial charge in [-0.05, 0) is 83.0 Å². The summed E-state index contributed by atoms with van der Waals surface area (Å²) in [7, 11) is 0. The molecule has 5 heteroatoms. The van der Waals surface area contributed by atoms with Crippen LogP contribution in [0.15, 0.2) is 60.7 Å². The first-order valence-corrected chi connectivity index (χ1v) is 10.3. The average molecular weight is 411 g/mol. The van der Waals surface area contributed by atoms with Crippen molar-refractivity contribution >= 4 is 33.3 Å². The summed E-state index contributed by atoms with van der Waals surface area (Å²) in [4.78, 5) is 13.5. The Labute approximate surface area is 177 Å². The number of carbonyl (C=O) groups is 1. The van der Waals surface area contributed by atoms with E-state index in [0.29, 0.717) is 18.9 Å². The summed E-state index contributed by atoms with van der Waals surface area (Å²) in [5, 5.41) is 5.20. The molecule has 0 atom stereocenters. The van der Waals surface area contributed by atoms with E-state index < -0.39 is 5.24 Å². The number of halogens is 1. The maximum atomic E-state index is 11.1. The second kappa shape index (κ2) is 10.4. The zero-order valence-electron chi connectivity index (χ0n) is 17.0. The summed E-state index contributed by atoms with van der Waals surface area (Å²) < 4.78 is 5.74. The summed E-state index contributed by atoms with van der Waals surface area (Å²) >= 11 is 5.45. The van der Waals surface area contributed by atoms with Crippen LogP contribution in [-0.2, 0) is 17.9 Å². The Morgan fingerprint density at radius 2 is 1.55 bits per heavy atom. The fourth-order valence-electron chi connectivity index (χ4n) is 3.26. The Morgan fingerprint density at radius 1 is 0.931 bits per heavy atom. The predicted molar refractivity (Wildman–Crippen MR) is 120 cm³/mol. The van der Waals surface area contributed by atoms with Crippen LogP contribution < -0.4 is 5.32 Å². The minimum Gasteiger partial charge on any atom is -0.363 e. The summed E-state index contributed by atoms with van der Waals surface area (Å²) in [6.07, 6.45) is 0. The molecule has 0 spiro atoms. The predicted octanol–water partition coefficient (Wildman–Crippen LogP) is 5.65. The van der Waals surface area contributed by atoms with Gasteiger partial charge in [0.1, 0.15) is 6.73 Å². The Morgan fingerprint density at radius 3 is 2.17 bits per heavy atom. The van der Waals surface area contributed by atoms with Gasteiger partial charge >= 0.3 is 0 Å². The fraction of sp³-hybridized carbons (Fsp3) is 0.292. The number of hydrogen-bond donors (Lipinski definition) is 1. The highest BCUT2D eigenvalue weighted by Gasteiger charge is 2.04. The summed E-state index contributed by atoms with van der Waals surface area (Å²) in [6.45, 7) is 8.42. The van der Waals surface area contributed by atoms with E-state index >= 15 is 0 Å². The van der Waals surface area contributed by atoms with Gasteiger partial charge in [-0.3, -0.25) is 9.69 Å². The molecule has 4 nitrogen and oxygen atoms in total. The Hall–Kier alpha value is -2.40. The van der Waals surface area contributed by atoms with Gasteiger partial charge in [0.05, 0.1) is 6.61 Å². The van der Waals surface area contributed by atoms with Crippen LogP contribution in [0.2, 0.25) is 0 Å². The minimum atomic E-state index is -0.454. The topological polar surface area (TPSA) is 41.6 Å². The van der Waals surface area contributed by atoms with Crippen molar-refractivity contribution in [2.45, 2.75) is 27.0 Å². The Bertz CT molecular complexity index is 953. The van der Waals surface area contributed by atoms with Crippen LogP contribution >= 0.6 is 11.6 Å². The lowest BCUT2D eigenvalue weighted by atomic mass is 10.0. The molecular weight excluding hydrogens is 384 g/mol. The molecule has 29 heavy (non-hydrogen) atoms. The molecule has 0 radical (unpaired) electrons. The van der Waals surface area contributed by atoms with Crippen LogP contribution in [0.4, 0.5) is 5.69 Å². The third-order valence-electron chi connectivity index (χ3n) is 5.03. The van der Waals surface area contributed by atoms with Crippen molar-refractivity contribution in [3.63, 3.8) is 0 Å². The normalized spacial score (nSPS) is 11.2. The second-order valence-corrected chi connectivity index (χ2v) is 7.34. The number of carbonyl (C=O) groups excluding carboxylic acids is 1. The molecule has 3 aromatic rings. The highest BCUT2D eigenvalue weighted by Crippen LogP contribution is 2.20. The zero-order chi connectivity index (χ0) is 20.6. The highest BCUT2D eigenvalue weighted by atomic mass is 35.5. The lowest BCUT2D eigenvalue weighted by molar-refractivity contribution is 0.108. The molecule has 0 aromatic heterocycles. The van der Waals surface area contributed by atoms with E-state index in [1.54, 1.807) is 12.1 Å².